The number of carbonyl (C=O) groups excluding carboxylic acids is 2. The second-order valence-electron chi connectivity index (χ2n) is 5.32. The Morgan fingerprint density at radius 2 is 1.70 bits per heavy atom. The number of halogens is 1. The van der Waals surface area contributed by atoms with E-state index in [2.05, 4.69) is 26.6 Å². The van der Waals surface area contributed by atoms with Gasteiger partial charge in [0.15, 0.2) is 5.78 Å². The topological polar surface area (TPSA) is 58.2 Å². The third-order valence-corrected chi connectivity index (χ3v) is 4.28. The first kappa shape index (κ1) is 17.2. The first-order chi connectivity index (χ1) is 11.0. The van der Waals surface area contributed by atoms with Gasteiger partial charge in [-0.05, 0) is 55.8 Å². The molecular weight excluding hydrogens is 356 g/mol. The second-order valence-corrected chi connectivity index (χ2v) is 6.18. The van der Waals surface area contributed by atoms with Gasteiger partial charge in [0.05, 0.1) is 0 Å². The monoisotopic (exact) mass is 374 g/mol. The van der Waals surface area contributed by atoms with Gasteiger partial charge in [-0.3, -0.25) is 9.59 Å². The number of Topliss-reactive ketones (excluding diaryl/α,β-unsaturated/α-hetero) is 1. The van der Waals surface area contributed by atoms with Crippen LogP contribution in [0, 0.1) is 6.92 Å². The van der Waals surface area contributed by atoms with Crippen LogP contribution in [-0.4, -0.2) is 18.2 Å². The number of carbonyl (C=O) groups is 2. The van der Waals surface area contributed by atoms with Crippen LogP contribution in [0.3, 0.4) is 0 Å². The number of hydrogen-bond donors (Lipinski definition) is 2. The summed E-state index contributed by atoms with van der Waals surface area (Å²) in [6, 6.07) is 12.9. The van der Waals surface area contributed by atoms with Gasteiger partial charge in [0, 0.05) is 34.4 Å². The minimum absolute atomic E-state index is 0.0105. The number of anilines is 2. The zero-order chi connectivity index (χ0) is 16.8. The molecule has 0 spiro atoms. The molecule has 0 aromatic heterocycles. The minimum atomic E-state index is -0.0701. The summed E-state index contributed by atoms with van der Waals surface area (Å²) in [5, 5.41) is 6.03. The molecule has 4 nitrogen and oxygen atoms in total. The largest absolute Gasteiger partial charge is 0.384 e. The highest BCUT2D eigenvalue weighted by atomic mass is 79.9. The molecule has 0 saturated carbocycles. The smallest absolute Gasteiger partial charge is 0.226 e. The maximum absolute atomic E-state index is 11.9. The first-order valence-electron chi connectivity index (χ1n) is 7.36. The molecule has 1 amide bonds. The highest BCUT2D eigenvalue weighted by molar-refractivity contribution is 9.10. The fraction of sp³-hybridized carbons (Fsp3) is 0.222. The molecule has 0 aliphatic rings. The Hall–Kier alpha value is -2.14. The zero-order valence-corrected chi connectivity index (χ0v) is 14.7. The Kier molecular flexibility index (Phi) is 5.93. The maximum atomic E-state index is 11.9. The normalized spacial score (nSPS) is 10.2. The molecule has 120 valence electrons. The number of ketones is 1. The van der Waals surface area contributed by atoms with Gasteiger partial charge in [0.1, 0.15) is 0 Å². The van der Waals surface area contributed by atoms with E-state index in [4.69, 9.17) is 0 Å². The molecule has 0 aliphatic carbocycles. The number of benzene rings is 2. The van der Waals surface area contributed by atoms with Gasteiger partial charge in [0.25, 0.3) is 0 Å². The SMILES string of the molecule is CC(=O)c1ccc(NC(=O)CCNc2ccc(C)c(Br)c2)cc1. The van der Waals surface area contributed by atoms with Crippen LogP contribution in [0.25, 0.3) is 0 Å². The van der Waals surface area contributed by atoms with Crippen molar-refractivity contribution >= 4 is 39.0 Å². The molecule has 0 bridgehead atoms. The lowest BCUT2D eigenvalue weighted by molar-refractivity contribution is -0.115. The Morgan fingerprint density at radius 1 is 1.04 bits per heavy atom. The van der Waals surface area contributed by atoms with Crippen molar-refractivity contribution in [1.29, 1.82) is 0 Å². The molecular formula is C18H19BrN2O2. The summed E-state index contributed by atoms with van der Waals surface area (Å²) in [5.74, 6) is -0.0596. The lowest BCUT2D eigenvalue weighted by Crippen LogP contribution is -2.16. The molecule has 0 aliphatic heterocycles. The molecule has 0 atom stereocenters. The van der Waals surface area contributed by atoms with Gasteiger partial charge >= 0.3 is 0 Å². The van der Waals surface area contributed by atoms with Crippen LogP contribution in [0.15, 0.2) is 46.9 Å². The number of amides is 1. The van der Waals surface area contributed by atoms with Crippen LogP contribution >= 0.6 is 15.9 Å². The van der Waals surface area contributed by atoms with E-state index in [0.717, 1.165) is 10.2 Å². The van der Waals surface area contributed by atoms with E-state index in [1.165, 1.54) is 12.5 Å². The van der Waals surface area contributed by atoms with E-state index < -0.39 is 0 Å². The van der Waals surface area contributed by atoms with Crippen molar-refractivity contribution in [2.24, 2.45) is 0 Å². The van der Waals surface area contributed by atoms with Crippen LogP contribution in [-0.2, 0) is 4.79 Å². The summed E-state index contributed by atoms with van der Waals surface area (Å²) in [6.45, 7) is 4.09. The Bertz CT molecular complexity index is 711. The van der Waals surface area contributed by atoms with Crippen LogP contribution in [0.5, 0.6) is 0 Å². The molecule has 23 heavy (non-hydrogen) atoms. The molecule has 0 heterocycles. The minimum Gasteiger partial charge on any atom is -0.384 e. The predicted molar refractivity (Wildman–Crippen MR) is 97.1 cm³/mol. The average molecular weight is 375 g/mol. The summed E-state index contributed by atoms with van der Waals surface area (Å²) >= 11 is 3.48. The fourth-order valence-corrected chi connectivity index (χ4v) is 2.41. The predicted octanol–water partition coefficient (Wildman–Crippen LogP) is 4.40. The molecule has 2 aromatic carbocycles. The number of nitrogens with one attached hydrogen (secondary N) is 2. The van der Waals surface area contributed by atoms with Gasteiger partial charge in [-0.25, -0.2) is 0 Å². The molecule has 2 N–H and O–H groups in total. The van der Waals surface area contributed by atoms with E-state index in [1.807, 2.05) is 25.1 Å². The zero-order valence-electron chi connectivity index (χ0n) is 13.2. The van der Waals surface area contributed by atoms with E-state index >= 15 is 0 Å². The standard InChI is InChI=1S/C18H19BrN2O2/c1-12-3-6-16(11-17(12)19)20-10-9-18(23)21-15-7-4-14(5-8-15)13(2)22/h3-8,11,20H,9-10H2,1-2H3,(H,21,23). The number of aryl methyl sites for hydroxylation is 1. The van der Waals surface area contributed by atoms with Gasteiger partial charge in [0.2, 0.25) is 5.91 Å². The average Bonchev–Trinajstić information content (AvgIpc) is 2.51. The summed E-state index contributed by atoms with van der Waals surface area (Å²) < 4.78 is 1.04. The van der Waals surface area contributed by atoms with Crippen molar-refractivity contribution in [3.05, 3.63) is 58.1 Å². The lowest BCUT2D eigenvalue weighted by atomic mass is 10.1. The summed E-state index contributed by atoms with van der Waals surface area (Å²) in [7, 11) is 0. The molecule has 0 unspecified atom stereocenters. The van der Waals surface area contributed by atoms with Crippen LogP contribution < -0.4 is 10.6 Å². The quantitative estimate of drug-likeness (QED) is 0.736. The third-order valence-electron chi connectivity index (χ3n) is 3.43. The van der Waals surface area contributed by atoms with Crippen LogP contribution in [0.4, 0.5) is 11.4 Å². The number of hydrogen-bond acceptors (Lipinski definition) is 3. The van der Waals surface area contributed by atoms with Crippen LogP contribution in [0.1, 0.15) is 29.3 Å². The van der Waals surface area contributed by atoms with Gasteiger partial charge < -0.3 is 10.6 Å². The Morgan fingerprint density at radius 3 is 2.30 bits per heavy atom. The molecule has 0 fully saturated rings. The Balaban J connectivity index is 1.80. The molecule has 2 rings (SSSR count). The van der Waals surface area contributed by atoms with Gasteiger partial charge in [-0.2, -0.15) is 0 Å². The van der Waals surface area contributed by atoms with Crippen molar-refractivity contribution in [3.8, 4) is 0 Å². The number of rotatable bonds is 6. The second kappa shape index (κ2) is 7.92. The highest BCUT2D eigenvalue weighted by Crippen LogP contribution is 2.20. The maximum Gasteiger partial charge on any atom is 0.226 e. The van der Waals surface area contributed by atoms with Gasteiger partial charge in [-0.15, -0.1) is 0 Å². The lowest BCUT2D eigenvalue weighted by Gasteiger charge is -2.09. The molecule has 5 heteroatoms. The third kappa shape index (κ3) is 5.21. The van der Waals surface area contributed by atoms with E-state index in [-0.39, 0.29) is 11.7 Å². The molecule has 2 aromatic rings. The summed E-state index contributed by atoms with van der Waals surface area (Å²) in [6.07, 6.45) is 0.361. The van der Waals surface area contributed by atoms with E-state index in [1.54, 1.807) is 24.3 Å². The van der Waals surface area contributed by atoms with E-state index in [9.17, 15) is 9.59 Å². The van der Waals surface area contributed by atoms with Crippen molar-refractivity contribution in [2.75, 3.05) is 17.2 Å². The van der Waals surface area contributed by atoms with Crippen molar-refractivity contribution in [2.45, 2.75) is 20.3 Å². The van der Waals surface area contributed by atoms with Gasteiger partial charge in [-0.1, -0.05) is 22.0 Å². The van der Waals surface area contributed by atoms with Crippen molar-refractivity contribution in [1.82, 2.24) is 0 Å². The fourth-order valence-electron chi connectivity index (χ4n) is 2.03. The van der Waals surface area contributed by atoms with Crippen molar-refractivity contribution in [3.63, 3.8) is 0 Å². The summed E-state index contributed by atoms with van der Waals surface area (Å²) in [4.78, 5) is 23.1. The first-order valence-corrected chi connectivity index (χ1v) is 8.16. The van der Waals surface area contributed by atoms with Crippen molar-refractivity contribution < 1.29 is 9.59 Å². The highest BCUT2D eigenvalue weighted by Gasteiger charge is 2.04. The molecule has 0 radical (unpaired) electrons. The Labute approximate surface area is 144 Å². The van der Waals surface area contributed by atoms with Crippen LogP contribution in [0.2, 0.25) is 0 Å². The molecule has 0 saturated heterocycles. The summed E-state index contributed by atoms with van der Waals surface area (Å²) in [5.41, 5.74) is 3.47. The van der Waals surface area contributed by atoms with E-state index in [0.29, 0.717) is 24.2 Å².